The predicted molar refractivity (Wildman–Crippen MR) is 138 cm³/mol. The maximum Gasteiger partial charge on any atom is 0.335 e. The van der Waals surface area contributed by atoms with Crippen LogP contribution < -0.4 is 9.47 Å². The fraction of sp³-hybridized carbons (Fsp3) is 0.462. The fourth-order valence-electron chi connectivity index (χ4n) is 3.43. The Morgan fingerprint density at radius 3 is 2.11 bits per heavy atom. The number of rotatable bonds is 8. The molecule has 1 aliphatic rings. The number of nitrogens with zero attached hydrogens (tertiary/aromatic N) is 1. The number of ether oxygens (including phenoxy) is 2. The highest BCUT2D eigenvalue weighted by atomic mass is 35.5. The van der Waals surface area contributed by atoms with Gasteiger partial charge >= 0.3 is 5.97 Å². The van der Waals surface area contributed by atoms with Crippen molar-refractivity contribution in [2.45, 2.75) is 65.0 Å². The molecule has 0 bridgehead atoms. The predicted octanol–water partition coefficient (Wildman–Crippen LogP) is 6.81. The molecule has 0 aliphatic carbocycles. The molecule has 9 heteroatoms. The molecule has 0 saturated carbocycles. The molecule has 2 aromatic carbocycles. The van der Waals surface area contributed by atoms with Crippen molar-refractivity contribution >= 4 is 31.8 Å². The Labute approximate surface area is 213 Å². The van der Waals surface area contributed by atoms with Gasteiger partial charge in [0, 0.05) is 24.7 Å². The van der Waals surface area contributed by atoms with Crippen LogP contribution in [0.5, 0.6) is 17.2 Å². The molecule has 7 nitrogen and oxygen atoms in total. The first-order valence-corrected chi connectivity index (χ1v) is 14.9. The molecule has 0 unspecified atom stereocenters. The first kappa shape index (κ1) is 27.0. The zero-order valence-electron chi connectivity index (χ0n) is 21.4. The minimum absolute atomic E-state index is 0.00123. The van der Waals surface area contributed by atoms with Gasteiger partial charge in [0.25, 0.3) is 5.91 Å². The summed E-state index contributed by atoms with van der Waals surface area (Å²) >= 11 is 6.39. The molecule has 35 heavy (non-hydrogen) atoms. The van der Waals surface area contributed by atoms with Crippen LogP contribution in [-0.4, -0.2) is 49.1 Å². The largest absolute Gasteiger partial charge is 0.478 e. The number of carboxylic acid groups (broad SMARTS) is 1. The molecule has 1 heterocycles. The molecule has 1 amide bonds. The number of benzene rings is 2. The molecular formula is C26H34ClNO6Si. The average molecular weight is 520 g/mol. The summed E-state index contributed by atoms with van der Waals surface area (Å²) < 4.78 is 18.4. The van der Waals surface area contributed by atoms with Crippen molar-refractivity contribution in [3.8, 4) is 17.2 Å². The second kappa shape index (κ2) is 9.83. The number of amides is 1. The normalized spacial score (nSPS) is 14.3. The van der Waals surface area contributed by atoms with Crippen LogP contribution in [0.4, 0.5) is 0 Å². The molecule has 0 radical (unpaired) electrons. The Hall–Kier alpha value is -2.55. The van der Waals surface area contributed by atoms with E-state index in [1.165, 1.54) is 12.1 Å². The Morgan fingerprint density at radius 1 is 0.971 bits per heavy atom. The van der Waals surface area contributed by atoms with E-state index < -0.39 is 20.1 Å². The zero-order chi connectivity index (χ0) is 26.2. The van der Waals surface area contributed by atoms with E-state index in [2.05, 4.69) is 33.9 Å². The maximum atomic E-state index is 12.4. The Kier molecular flexibility index (Phi) is 7.60. The van der Waals surface area contributed by atoms with Crippen molar-refractivity contribution < 1.29 is 28.6 Å². The molecule has 0 aromatic heterocycles. The Balaban J connectivity index is 1.84. The van der Waals surface area contributed by atoms with Crippen molar-refractivity contribution in [3.05, 3.63) is 52.5 Å². The van der Waals surface area contributed by atoms with Gasteiger partial charge in [0.05, 0.1) is 10.6 Å². The van der Waals surface area contributed by atoms with Crippen LogP contribution in [-0.2, 0) is 4.43 Å². The van der Waals surface area contributed by atoms with Gasteiger partial charge in [-0.05, 0) is 68.7 Å². The summed E-state index contributed by atoms with van der Waals surface area (Å²) in [6, 6.07) is 9.24. The minimum atomic E-state index is -2.15. The van der Waals surface area contributed by atoms with Gasteiger partial charge in [-0.25, -0.2) is 4.79 Å². The third-order valence-electron chi connectivity index (χ3n) is 6.35. The fourth-order valence-corrected chi connectivity index (χ4v) is 5.23. The molecule has 1 N–H and O–H groups in total. The number of likely N-dealkylation sites (tertiary alicyclic amines) is 1. The molecular weight excluding hydrogens is 486 g/mol. The maximum absolute atomic E-state index is 12.4. The molecule has 0 spiro atoms. The van der Waals surface area contributed by atoms with Crippen LogP contribution in [0.2, 0.25) is 23.2 Å². The summed E-state index contributed by atoms with van der Waals surface area (Å²) in [4.78, 5) is 26.0. The molecule has 1 aliphatic heterocycles. The number of aromatic carboxylic acids is 1. The molecule has 2 aromatic rings. The second-order valence-corrected chi connectivity index (χ2v) is 15.9. The molecule has 1 fully saturated rings. The topological polar surface area (TPSA) is 85.3 Å². The van der Waals surface area contributed by atoms with Crippen molar-refractivity contribution in [3.63, 3.8) is 0 Å². The highest BCUT2D eigenvalue weighted by molar-refractivity contribution is 6.74. The Bertz CT molecular complexity index is 1120. The van der Waals surface area contributed by atoms with E-state index in [1.807, 2.05) is 13.8 Å². The van der Waals surface area contributed by atoms with E-state index in [1.54, 1.807) is 29.2 Å². The summed E-state index contributed by atoms with van der Waals surface area (Å²) in [6.07, 6.45) is 1.00. The number of halogens is 1. The van der Waals surface area contributed by atoms with Crippen LogP contribution in [0.3, 0.4) is 0 Å². The highest BCUT2D eigenvalue weighted by Gasteiger charge is 2.42. The van der Waals surface area contributed by atoms with E-state index >= 15 is 0 Å². The van der Waals surface area contributed by atoms with Crippen molar-refractivity contribution in [2.24, 2.45) is 0 Å². The van der Waals surface area contributed by atoms with Crippen LogP contribution >= 0.6 is 11.6 Å². The average Bonchev–Trinajstić information content (AvgIpc) is 2.65. The highest BCUT2D eigenvalue weighted by Crippen LogP contribution is 2.40. The van der Waals surface area contributed by atoms with Crippen LogP contribution in [0.1, 0.15) is 61.8 Å². The third kappa shape index (κ3) is 6.57. The van der Waals surface area contributed by atoms with Gasteiger partial charge in [-0.3, -0.25) is 4.79 Å². The van der Waals surface area contributed by atoms with Crippen molar-refractivity contribution in [2.75, 3.05) is 13.1 Å². The van der Waals surface area contributed by atoms with E-state index in [9.17, 15) is 14.7 Å². The Morgan fingerprint density at radius 2 is 1.60 bits per heavy atom. The lowest BCUT2D eigenvalue weighted by atomic mass is 10.1. The lowest BCUT2D eigenvalue weighted by molar-refractivity contribution is -0.0915. The SMILES string of the molecule is CC(C)(Oc1cc(Oc2ccc(C(=O)N3CCC3)cc2Cl)cc(C(=O)O)c1)O[Si](C)(C)C(C)(C)C. The van der Waals surface area contributed by atoms with Gasteiger partial charge < -0.3 is 23.9 Å². The first-order chi connectivity index (χ1) is 16.1. The first-order valence-electron chi connectivity index (χ1n) is 11.6. The number of carbonyl (C=O) groups excluding carboxylic acids is 1. The lowest BCUT2D eigenvalue weighted by Gasteiger charge is -2.42. The van der Waals surface area contributed by atoms with Gasteiger partial charge in [0.1, 0.15) is 17.2 Å². The summed E-state index contributed by atoms with van der Waals surface area (Å²) in [5.41, 5.74) is 0.483. The summed E-state index contributed by atoms with van der Waals surface area (Å²) in [5.74, 6) is -1.34. The smallest absolute Gasteiger partial charge is 0.335 e. The molecule has 0 atom stereocenters. The monoisotopic (exact) mass is 519 g/mol. The number of carboxylic acids is 1. The van der Waals surface area contributed by atoms with E-state index in [4.69, 9.17) is 25.5 Å². The summed E-state index contributed by atoms with van der Waals surface area (Å²) in [7, 11) is -2.15. The van der Waals surface area contributed by atoms with Crippen LogP contribution in [0.25, 0.3) is 0 Å². The van der Waals surface area contributed by atoms with E-state index in [0.29, 0.717) is 17.1 Å². The van der Waals surface area contributed by atoms with Gasteiger partial charge in [-0.2, -0.15) is 0 Å². The number of hydrogen-bond acceptors (Lipinski definition) is 5. The van der Waals surface area contributed by atoms with Crippen molar-refractivity contribution in [1.29, 1.82) is 0 Å². The summed E-state index contributed by atoms with van der Waals surface area (Å²) in [6.45, 7) is 15.8. The van der Waals surface area contributed by atoms with Gasteiger partial charge in [0.15, 0.2) is 14.1 Å². The number of hydrogen-bond donors (Lipinski definition) is 1. The van der Waals surface area contributed by atoms with Crippen LogP contribution in [0, 0.1) is 0 Å². The number of carbonyl (C=O) groups is 2. The van der Waals surface area contributed by atoms with Crippen LogP contribution in [0.15, 0.2) is 36.4 Å². The van der Waals surface area contributed by atoms with E-state index in [0.717, 1.165) is 19.5 Å². The lowest BCUT2D eigenvalue weighted by Crippen LogP contribution is -2.49. The molecule has 1 saturated heterocycles. The molecule has 190 valence electrons. The third-order valence-corrected chi connectivity index (χ3v) is 11.3. The standard InChI is InChI=1S/C26H34ClNO6Si/c1-25(2,3)35(6,7)34-26(4,5)33-20-14-18(24(30)31)13-19(16-20)32-22-10-9-17(15-21(22)27)23(29)28-11-8-12-28/h9-10,13-16H,8,11-12H2,1-7H3,(H,30,31). The summed E-state index contributed by atoms with van der Waals surface area (Å²) in [5, 5.41) is 9.85. The van der Waals surface area contributed by atoms with E-state index in [-0.39, 0.29) is 27.3 Å². The molecule has 3 rings (SSSR count). The second-order valence-electron chi connectivity index (χ2n) is 10.8. The minimum Gasteiger partial charge on any atom is -0.478 e. The quantitative estimate of drug-likeness (QED) is 0.304. The van der Waals surface area contributed by atoms with Gasteiger partial charge in [0.2, 0.25) is 0 Å². The van der Waals surface area contributed by atoms with Gasteiger partial charge in [-0.15, -0.1) is 0 Å². The van der Waals surface area contributed by atoms with Gasteiger partial charge in [-0.1, -0.05) is 32.4 Å². The zero-order valence-corrected chi connectivity index (χ0v) is 23.2. The van der Waals surface area contributed by atoms with Crippen molar-refractivity contribution in [1.82, 2.24) is 4.90 Å².